The van der Waals surface area contributed by atoms with E-state index in [0.29, 0.717) is 24.2 Å². The molecule has 0 spiro atoms. The lowest BCUT2D eigenvalue weighted by Gasteiger charge is -2.06. The molecule has 0 atom stereocenters. The van der Waals surface area contributed by atoms with Crippen molar-refractivity contribution in [3.8, 4) is 5.69 Å². The van der Waals surface area contributed by atoms with E-state index in [2.05, 4.69) is 15.1 Å². The third-order valence-corrected chi connectivity index (χ3v) is 3.30. The number of benzene rings is 1. The number of aromatic nitrogens is 4. The summed E-state index contributed by atoms with van der Waals surface area (Å²) >= 11 is 0. The second kappa shape index (κ2) is 5.80. The molecular weight excluding hydrogens is 287 g/mol. The average Bonchev–Trinajstić information content (AvgIpc) is 3.02. The first kappa shape index (κ1) is 14.0. The summed E-state index contributed by atoms with van der Waals surface area (Å²) in [5.74, 6) is -0.365. The number of rotatable bonds is 4. The first-order chi connectivity index (χ1) is 10.6. The Kier molecular flexibility index (Phi) is 3.69. The van der Waals surface area contributed by atoms with Gasteiger partial charge in [0.25, 0.3) is 0 Å². The molecular formula is C15H13FN4O2. The number of nitrogens with zero attached hydrogens (tertiary/aromatic N) is 2. The molecule has 0 saturated heterocycles. The van der Waals surface area contributed by atoms with Crippen LogP contribution in [0.5, 0.6) is 0 Å². The van der Waals surface area contributed by atoms with E-state index in [4.69, 9.17) is 0 Å². The highest BCUT2D eigenvalue weighted by molar-refractivity contribution is 5.35. The lowest BCUT2D eigenvalue weighted by molar-refractivity contribution is 0.608. The second-order valence-electron chi connectivity index (χ2n) is 4.83. The Morgan fingerprint density at radius 2 is 2.05 bits per heavy atom. The van der Waals surface area contributed by atoms with Crippen molar-refractivity contribution in [3.05, 3.63) is 80.6 Å². The first-order valence-corrected chi connectivity index (χ1v) is 6.73. The van der Waals surface area contributed by atoms with Crippen molar-refractivity contribution in [1.82, 2.24) is 19.7 Å². The summed E-state index contributed by atoms with van der Waals surface area (Å²) in [6, 6.07) is 6.64. The predicted molar refractivity (Wildman–Crippen MR) is 78.6 cm³/mol. The summed E-state index contributed by atoms with van der Waals surface area (Å²) in [5.41, 5.74) is 0.406. The zero-order valence-corrected chi connectivity index (χ0v) is 11.5. The van der Waals surface area contributed by atoms with Crippen LogP contribution in [0.25, 0.3) is 5.69 Å². The molecule has 0 aliphatic rings. The van der Waals surface area contributed by atoms with Crippen LogP contribution in [0.2, 0.25) is 0 Å². The Morgan fingerprint density at radius 1 is 1.18 bits per heavy atom. The monoisotopic (exact) mass is 300 g/mol. The molecule has 7 heteroatoms. The van der Waals surface area contributed by atoms with Gasteiger partial charge < -0.3 is 9.97 Å². The average molecular weight is 300 g/mol. The molecule has 0 fully saturated rings. The summed E-state index contributed by atoms with van der Waals surface area (Å²) < 4.78 is 15.5. The molecule has 1 aromatic carbocycles. The van der Waals surface area contributed by atoms with E-state index in [0.717, 1.165) is 5.56 Å². The molecule has 22 heavy (non-hydrogen) atoms. The van der Waals surface area contributed by atoms with Gasteiger partial charge in [-0.05, 0) is 36.6 Å². The summed E-state index contributed by atoms with van der Waals surface area (Å²) in [5, 5.41) is 3.99. The van der Waals surface area contributed by atoms with E-state index in [1.54, 1.807) is 24.5 Å². The molecule has 0 unspecified atom stereocenters. The quantitative estimate of drug-likeness (QED) is 0.710. The van der Waals surface area contributed by atoms with Crippen LogP contribution in [-0.4, -0.2) is 19.7 Å². The minimum absolute atomic E-state index is 0.365. The minimum Gasteiger partial charge on any atom is -0.323 e. The molecule has 6 nitrogen and oxygen atoms in total. The molecule has 0 aliphatic heterocycles. The number of halogens is 1. The van der Waals surface area contributed by atoms with E-state index in [1.807, 2.05) is 6.07 Å². The molecule has 2 aromatic heterocycles. The van der Waals surface area contributed by atoms with Crippen LogP contribution in [0, 0.1) is 5.82 Å². The largest absolute Gasteiger partial charge is 0.323 e. The first-order valence-electron chi connectivity index (χ1n) is 6.73. The van der Waals surface area contributed by atoms with Gasteiger partial charge in [0.2, 0.25) is 0 Å². The zero-order valence-electron chi connectivity index (χ0n) is 11.5. The van der Waals surface area contributed by atoms with Crippen LogP contribution in [0.1, 0.15) is 11.3 Å². The van der Waals surface area contributed by atoms with Crippen molar-refractivity contribution in [2.45, 2.75) is 12.8 Å². The number of hydrogen-bond donors (Lipinski definition) is 2. The SMILES string of the molecule is O=c1[nH]cc(CCc2ccc(-n3cccn3)c(F)c2)[nH]c1=O. The summed E-state index contributed by atoms with van der Waals surface area (Å²) in [6.45, 7) is 0. The lowest BCUT2D eigenvalue weighted by atomic mass is 10.1. The van der Waals surface area contributed by atoms with E-state index in [-0.39, 0.29) is 5.82 Å². The molecule has 0 aliphatic carbocycles. The van der Waals surface area contributed by atoms with Crippen LogP contribution >= 0.6 is 0 Å². The van der Waals surface area contributed by atoms with Gasteiger partial charge in [-0.15, -0.1) is 0 Å². The van der Waals surface area contributed by atoms with Crippen LogP contribution in [0.15, 0.2) is 52.4 Å². The van der Waals surface area contributed by atoms with Crippen molar-refractivity contribution in [3.63, 3.8) is 0 Å². The lowest BCUT2D eigenvalue weighted by Crippen LogP contribution is -2.29. The highest BCUT2D eigenvalue weighted by Gasteiger charge is 2.06. The van der Waals surface area contributed by atoms with Crippen LogP contribution in [-0.2, 0) is 12.8 Å². The highest BCUT2D eigenvalue weighted by atomic mass is 19.1. The van der Waals surface area contributed by atoms with Gasteiger partial charge in [0.1, 0.15) is 11.5 Å². The number of aromatic amines is 2. The van der Waals surface area contributed by atoms with Crippen molar-refractivity contribution in [2.24, 2.45) is 0 Å². The molecule has 0 saturated carbocycles. The Labute approximate surface area is 124 Å². The van der Waals surface area contributed by atoms with Gasteiger partial charge in [-0.3, -0.25) is 9.59 Å². The third-order valence-electron chi connectivity index (χ3n) is 3.30. The Balaban J connectivity index is 1.76. The van der Waals surface area contributed by atoms with Gasteiger partial charge in [0, 0.05) is 24.3 Å². The smallest absolute Gasteiger partial charge is 0.313 e. The Bertz CT molecular complexity index is 896. The van der Waals surface area contributed by atoms with Gasteiger partial charge in [0.05, 0.1) is 0 Å². The number of hydrogen-bond acceptors (Lipinski definition) is 3. The highest BCUT2D eigenvalue weighted by Crippen LogP contribution is 2.15. The molecule has 112 valence electrons. The molecule has 2 heterocycles. The standard InChI is InChI=1S/C15H13FN4O2/c16-12-8-10(3-5-13(12)20-7-1-6-18-20)2-4-11-9-17-14(21)15(22)19-11/h1,3,5-9H,2,4H2,(H,17,21)(H,19,22). The summed E-state index contributed by atoms with van der Waals surface area (Å²) in [7, 11) is 0. The minimum atomic E-state index is -0.683. The van der Waals surface area contributed by atoms with Gasteiger partial charge in [-0.25, -0.2) is 9.07 Å². The van der Waals surface area contributed by atoms with E-state index in [9.17, 15) is 14.0 Å². The fourth-order valence-electron chi connectivity index (χ4n) is 2.17. The summed E-state index contributed by atoms with van der Waals surface area (Å²) in [4.78, 5) is 27.0. The van der Waals surface area contributed by atoms with Crippen LogP contribution in [0.3, 0.4) is 0 Å². The molecule has 0 bridgehead atoms. The van der Waals surface area contributed by atoms with Crippen molar-refractivity contribution in [2.75, 3.05) is 0 Å². The van der Waals surface area contributed by atoms with Crippen LogP contribution < -0.4 is 11.1 Å². The molecule has 0 amide bonds. The normalized spacial score (nSPS) is 10.8. The predicted octanol–water partition coefficient (Wildman–Crippen LogP) is 1.17. The second-order valence-corrected chi connectivity index (χ2v) is 4.83. The topological polar surface area (TPSA) is 83.5 Å². The van der Waals surface area contributed by atoms with Gasteiger partial charge >= 0.3 is 11.1 Å². The number of H-pyrrole nitrogens is 2. The molecule has 3 rings (SSSR count). The third kappa shape index (κ3) is 2.88. The number of nitrogens with one attached hydrogen (secondary N) is 2. The van der Waals surface area contributed by atoms with Crippen LogP contribution in [0.4, 0.5) is 4.39 Å². The zero-order chi connectivity index (χ0) is 15.5. The fourth-order valence-corrected chi connectivity index (χ4v) is 2.17. The van der Waals surface area contributed by atoms with Gasteiger partial charge in [-0.1, -0.05) is 6.07 Å². The maximum Gasteiger partial charge on any atom is 0.313 e. The Hall–Kier alpha value is -2.96. The van der Waals surface area contributed by atoms with Crippen molar-refractivity contribution < 1.29 is 4.39 Å². The summed E-state index contributed by atoms with van der Waals surface area (Å²) in [6.07, 6.45) is 5.74. The Morgan fingerprint density at radius 3 is 2.73 bits per heavy atom. The van der Waals surface area contributed by atoms with Gasteiger partial charge in [-0.2, -0.15) is 5.10 Å². The molecule has 2 N–H and O–H groups in total. The fraction of sp³-hybridized carbons (Fsp3) is 0.133. The molecule has 0 radical (unpaired) electrons. The van der Waals surface area contributed by atoms with E-state index >= 15 is 0 Å². The van der Waals surface area contributed by atoms with Gasteiger partial charge in [0.15, 0.2) is 0 Å². The molecule has 3 aromatic rings. The van der Waals surface area contributed by atoms with Crippen molar-refractivity contribution in [1.29, 1.82) is 0 Å². The maximum atomic E-state index is 14.1. The van der Waals surface area contributed by atoms with E-state index < -0.39 is 11.1 Å². The van der Waals surface area contributed by atoms with Crippen molar-refractivity contribution >= 4 is 0 Å². The maximum absolute atomic E-state index is 14.1. The number of aryl methyl sites for hydroxylation is 2. The van der Waals surface area contributed by atoms with E-state index in [1.165, 1.54) is 16.9 Å².